The first kappa shape index (κ1) is 22.0. The first-order chi connectivity index (χ1) is 16.2. The largest absolute Gasteiger partial charge is 0.478 e. The highest BCUT2D eigenvalue weighted by atomic mass is 16.5. The second-order valence-electron chi connectivity index (χ2n) is 7.02. The number of aromatic amines is 1. The number of amidine groups is 1. The minimum absolute atomic E-state index is 0.0189. The lowest BCUT2D eigenvalue weighted by Gasteiger charge is -2.11. The lowest BCUT2D eigenvalue weighted by atomic mass is 10.1. The van der Waals surface area contributed by atoms with Crippen molar-refractivity contribution in [3.63, 3.8) is 0 Å². The standard InChI is InChI=1S/C21H18N8O5/c1-9-25-15-17(26-9)28-21(34-14-7-10(16(22)23)5-6-13(14)19(30)31)29-18(15)33-12-4-2-3-11(8-12)27-20(24)32/h2-8H,1H3,(H3,22,23)(H,30,31)(H3,24,27,32)(H,25,26,28,29)/p+1. The number of nitrogens with two attached hydrogens (primary N) is 3. The van der Waals surface area contributed by atoms with Crippen molar-refractivity contribution < 1.29 is 29.6 Å². The quantitative estimate of drug-likeness (QED) is 0.169. The molecule has 2 heterocycles. The molecule has 9 N–H and O–H groups in total. The van der Waals surface area contributed by atoms with E-state index in [-0.39, 0.29) is 34.7 Å². The SMILES string of the molecule is Cc1nc2nc(Oc3cc(C(N)=[NH2+])ccc3C(=O)O)nc(Oc3cccc(NC(N)=O)c3)c2[nH]1. The summed E-state index contributed by atoms with van der Waals surface area (Å²) in [4.78, 5) is 38.6. The lowest BCUT2D eigenvalue weighted by Crippen LogP contribution is -2.46. The average Bonchev–Trinajstić information content (AvgIpc) is 3.13. The number of aromatic nitrogens is 4. The fourth-order valence-corrected chi connectivity index (χ4v) is 3.04. The Labute approximate surface area is 191 Å². The summed E-state index contributed by atoms with van der Waals surface area (Å²) in [6.45, 7) is 1.72. The number of fused-ring (bicyclic) bond motifs is 1. The molecule has 0 radical (unpaired) electrons. The molecule has 13 nitrogen and oxygen atoms in total. The van der Waals surface area contributed by atoms with Gasteiger partial charge in [-0.15, -0.1) is 0 Å². The summed E-state index contributed by atoms with van der Waals surface area (Å²) in [5, 5.41) is 17.6. The van der Waals surface area contributed by atoms with Crippen LogP contribution in [0.15, 0.2) is 42.5 Å². The number of rotatable bonds is 7. The fraction of sp³-hybridized carbons (Fsp3) is 0.0476. The van der Waals surface area contributed by atoms with Crippen LogP contribution in [-0.2, 0) is 0 Å². The van der Waals surface area contributed by atoms with Crippen LogP contribution in [0.2, 0.25) is 0 Å². The highest BCUT2D eigenvalue weighted by Crippen LogP contribution is 2.32. The van der Waals surface area contributed by atoms with E-state index in [4.69, 9.17) is 26.4 Å². The molecule has 0 aliphatic rings. The minimum Gasteiger partial charge on any atom is -0.478 e. The van der Waals surface area contributed by atoms with E-state index in [2.05, 4.69) is 25.3 Å². The summed E-state index contributed by atoms with van der Waals surface area (Å²) in [5.41, 5.74) is 12.0. The van der Waals surface area contributed by atoms with Crippen LogP contribution in [0.25, 0.3) is 11.2 Å². The first-order valence-electron chi connectivity index (χ1n) is 9.72. The number of aromatic carboxylic acids is 1. The molecule has 0 saturated carbocycles. The monoisotopic (exact) mass is 463 g/mol. The van der Waals surface area contributed by atoms with Crippen molar-refractivity contribution in [2.75, 3.05) is 5.32 Å². The number of ether oxygens (including phenoxy) is 2. The molecule has 34 heavy (non-hydrogen) atoms. The summed E-state index contributed by atoms with van der Waals surface area (Å²) in [7, 11) is 0. The number of carboxylic acid groups (broad SMARTS) is 1. The maximum atomic E-state index is 11.7. The molecule has 13 heteroatoms. The molecule has 2 amide bonds. The van der Waals surface area contributed by atoms with Crippen LogP contribution in [0.4, 0.5) is 10.5 Å². The number of nitrogens with one attached hydrogen (secondary N) is 2. The molecule has 0 bridgehead atoms. The first-order valence-corrected chi connectivity index (χ1v) is 9.72. The van der Waals surface area contributed by atoms with Crippen molar-refractivity contribution in [2.45, 2.75) is 6.92 Å². The molecule has 0 saturated heterocycles. The van der Waals surface area contributed by atoms with Crippen LogP contribution < -0.4 is 31.7 Å². The number of imidazole rings is 1. The van der Waals surface area contributed by atoms with Gasteiger partial charge in [0.15, 0.2) is 5.65 Å². The van der Waals surface area contributed by atoms with Crippen LogP contribution in [0.5, 0.6) is 23.4 Å². The van der Waals surface area contributed by atoms with E-state index in [9.17, 15) is 14.7 Å². The van der Waals surface area contributed by atoms with E-state index in [1.807, 2.05) is 0 Å². The number of carbonyl (C=O) groups excluding carboxylic acids is 1. The third-order valence-corrected chi connectivity index (χ3v) is 4.48. The van der Waals surface area contributed by atoms with E-state index in [1.165, 1.54) is 24.3 Å². The Balaban J connectivity index is 1.75. The second kappa shape index (κ2) is 8.74. The van der Waals surface area contributed by atoms with E-state index < -0.39 is 12.0 Å². The summed E-state index contributed by atoms with van der Waals surface area (Å²) in [6.07, 6.45) is 0. The third kappa shape index (κ3) is 4.67. The summed E-state index contributed by atoms with van der Waals surface area (Å²) < 4.78 is 11.6. The Hall–Kier alpha value is -5.20. The van der Waals surface area contributed by atoms with Crippen LogP contribution in [0.3, 0.4) is 0 Å². The molecular weight excluding hydrogens is 444 g/mol. The number of H-pyrrole nitrogens is 1. The number of benzene rings is 2. The number of urea groups is 1. The van der Waals surface area contributed by atoms with Gasteiger partial charge in [-0.25, -0.2) is 14.6 Å². The molecule has 4 aromatic rings. The maximum Gasteiger partial charge on any atom is 0.339 e. The third-order valence-electron chi connectivity index (χ3n) is 4.48. The number of aryl methyl sites for hydroxylation is 1. The van der Waals surface area contributed by atoms with Gasteiger partial charge in [-0.1, -0.05) is 6.07 Å². The zero-order chi connectivity index (χ0) is 24.4. The van der Waals surface area contributed by atoms with Gasteiger partial charge < -0.3 is 30.6 Å². The molecule has 2 aromatic carbocycles. The lowest BCUT2D eigenvalue weighted by molar-refractivity contribution is -0.114. The molecule has 0 aliphatic carbocycles. The molecule has 4 rings (SSSR count). The molecule has 0 spiro atoms. The van der Waals surface area contributed by atoms with Gasteiger partial charge in [0.2, 0.25) is 0 Å². The van der Waals surface area contributed by atoms with Gasteiger partial charge in [0, 0.05) is 11.8 Å². The highest BCUT2D eigenvalue weighted by Gasteiger charge is 2.19. The van der Waals surface area contributed by atoms with Gasteiger partial charge in [0.25, 0.3) is 11.7 Å². The van der Waals surface area contributed by atoms with Gasteiger partial charge in [-0.3, -0.25) is 11.1 Å². The smallest absolute Gasteiger partial charge is 0.339 e. The van der Waals surface area contributed by atoms with Gasteiger partial charge >= 0.3 is 18.0 Å². The van der Waals surface area contributed by atoms with Crippen LogP contribution >= 0.6 is 0 Å². The fourth-order valence-electron chi connectivity index (χ4n) is 3.04. The number of hydrogen-bond acceptors (Lipinski definition) is 7. The summed E-state index contributed by atoms with van der Waals surface area (Å²) in [5.74, 6) is -0.422. The Morgan fingerprint density at radius 1 is 1.09 bits per heavy atom. The van der Waals surface area contributed by atoms with Crippen molar-refractivity contribution >= 4 is 34.7 Å². The topological polar surface area (TPSA) is 217 Å². The predicted molar refractivity (Wildman–Crippen MR) is 120 cm³/mol. The number of primary amides is 1. The number of carboxylic acids is 1. The van der Waals surface area contributed by atoms with Crippen molar-refractivity contribution in [1.82, 2.24) is 19.9 Å². The van der Waals surface area contributed by atoms with Crippen LogP contribution in [0, 0.1) is 6.92 Å². The Kier molecular flexibility index (Phi) is 5.66. The van der Waals surface area contributed by atoms with Crippen LogP contribution in [0.1, 0.15) is 21.7 Å². The van der Waals surface area contributed by atoms with Crippen molar-refractivity contribution in [3.05, 3.63) is 59.4 Å². The van der Waals surface area contributed by atoms with E-state index >= 15 is 0 Å². The van der Waals surface area contributed by atoms with E-state index in [0.29, 0.717) is 28.3 Å². The van der Waals surface area contributed by atoms with Crippen molar-refractivity contribution in [3.8, 4) is 23.4 Å². The normalized spacial score (nSPS) is 10.6. The number of amides is 2. The van der Waals surface area contributed by atoms with Gasteiger partial charge in [-0.05, 0) is 37.3 Å². The van der Waals surface area contributed by atoms with Crippen molar-refractivity contribution in [2.24, 2.45) is 11.5 Å². The van der Waals surface area contributed by atoms with E-state index in [0.717, 1.165) is 0 Å². The Bertz CT molecular complexity index is 1450. The van der Waals surface area contributed by atoms with E-state index in [1.54, 1.807) is 25.1 Å². The number of anilines is 1. The van der Waals surface area contributed by atoms with Gasteiger partial charge in [0.1, 0.15) is 28.4 Å². The number of hydrogen-bond donors (Lipinski definition) is 6. The molecule has 0 aliphatic heterocycles. The summed E-state index contributed by atoms with van der Waals surface area (Å²) in [6, 6.07) is 9.61. The molecule has 172 valence electrons. The van der Waals surface area contributed by atoms with Gasteiger partial charge in [0.05, 0.1) is 5.56 Å². The molecule has 0 atom stereocenters. The highest BCUT2D eigenvalue weighted by molar-refractivity contribution is 5.96. The van der Waals surface area contributed by atoms with Crippen LogP contribution in [-0.4, -0.2) is 42.9 Å². The molecular formula is C21H19N8O5+. The molecule has 0 unspecified atom stereocenters. The molecule has 0 fully saturated rings. The Morgan fingerprint density at radius 3 is 2.59 bits per heavy atom. The second-order valence-corrected chi connectivity index (χ2v) is 7.02. The number of nitrogens with zero attached hydrogens (tertiary/aromatic N) is 3. The number of carbonyl (C=O) groups is 2. The zero-order valence-corrected chi connectivity index (χ0v) is 17.7. The Morgan fingerprint density at radius 2 is 1.88 bits per heavy atom. The van der Waals surface area contributed by atoms with Crippen molar-refractivity contribution in [1.29, 1.82) is 0 Å². The van der Waals surface area contributed by atoms with Gasteiger partial charge in [-0.2, -0.15) is 9.97 Å². The molecule has 2 aromatic heterocycles. The predicted octanol–water partition coefficient (Wildman–Crippen LogP) is 0.899. The maximum absolute atomic E-state index is 11.7. The zero-order valence-electron chi connectivity index (χ0n) is 17.7. The minimum atomic E-state index is -1.23. The average molecular weight is 463 g/mol. The summed E-state index contributed by atoms with van der Waals surface area (Å²) >= 11 is 0.